The lowest BCUT2D eigenvalue weighted by atomic mass is 9.90. The second-order valence-electron chi connectivity index (χ2n) is 9.67. The molecule has 5 N–H and O–H groups in total. The summed E-state index contributed by atoms with van der Waals surface area (Å²) >= 11 is 0. The number of aromatic nitrogens is 1. The van der Waals surface area contributed by atoms with Gasteiger partial charge in [0.25, 0.3) is 5.91 Å². The number of nitrogens with one attached hydrogen (secondary N) is 2. The first-order valence-electron chi connectivity index (χ1n) is 12.6. The second kappa shape index (κ2) is 10.8. The zero-order valence-corrected chi connectivity index (χ0v) is 21.0. The Hall–Kier alpha value is -4.92. The number of H-pyrrole nitrogens is 1. The Morgan fingerprint density at radius 1 is 0.949 bits per heavy atom. The van der Waals surface area contributed by atoms with Crippen LogP contribution in [0.5, 0.6) is 0 Å². The number of carbonyl (C=O) groups is 4. The van der Waals surface area contributed by atoms with Gasteiger partial charge < -0.3 is 26.0 Å². The first kappa shape index (κ1) is 25.7. The summed E-state index contributed by atoms with van der Waals surface area (Å²) in [5, 5.41) is 13.5. The molecule has 0 bridgehead atoms. The number of nitrogens with zero attached hydrogens (tertiary/aromatic N) is 1. The summed E-state index contributed by atoms with van der Waals surface area (Å²) in [5.41, 5.74) is 9.33. The molecule has 0 saturated carbocycles. The van der Waals surface area contributed by atoms with Gasteiger partial charge in [0, 0.05) is 28.6 Å². The van der Waals surface area contributed by atoms with E-state index in [0.717, 1.165) is 22.2 Å². The molecule has 1 aromatic heterocycles. The van der Waals surface area contributed by atoms with Crippen LogP contribution in [-0.2, 0) is 33.8 Å². The first-order chi connectivity index (χ1) is 18.8. The van der Waals surface area contributed by atoms with Gasteiger partial charge in [-0.15, -0.1) is 0 Å². The van der Waals surface area contributed by atoms with E-state index in [0.29, 0.717) is 11.1 Å². The van der Waals surface area contributed by atoms with Gasteiger partial charge in [-0.25, -0.2) is 4.79 Å². The Balaban J connectivity index is 1.48. The van der Waals surface area contributed by atoms with Crippen LogP contribution in [0.1, 0.15) is 27.2 Å². The standard InChI is InChI=1S/C30H28N4O5/c31-27(35)22(15-18-9-3-1-4-10-18)26(30(38)39)33-28(36)25-16-21-20-13-7-8-14-23(20)32-24(21)17-34(25)29(37)19-11-5-2-6-12-19/h1-14,22,25-26,32H,15-17H2,(H2,31,35)(H,33,36)(H,38,39)/t22?,25-,26+/m1/s1. The second-order valence-corrected chi connectivity index (χ2v) is 9.67. The molecule has 4 aromatic rings. The Labute approximate surface area is 224 Å². The quantitative estimate of drug-likeness (QED) is 0.280. The van der Waals surface area contributed by atoms with E-state index in [1.807, 2.05) is 24.3 Å². The lowest BCUT2D eigenvalue weighted by Gasteiger charge is -2.36. The highest BCUT2D eigenvalue weighted by Gasteiger charge is 2.40. The molecule has 9 nitrogen and oxygen atoms in total. The predicted molar refractivity (Wildman–Crippen MR) is 145 cm³/mol. The number of hydrogen-bond donors (Lipinski definition) is 4. The molecule has 1 aliphatic rings. The largest absolute Gasteiger partial charge is 0.480 e. The van der Waals surface area contributed by atoms with Gasteiger partial charge in [0.1, 0.15) is 12.1 Å². The fraction of sp³-hybridized carbons (Fsp3) is 0.200. The number of carboxylic acids is 1. The van der Waals surface area contributed by atoms with Gasteiger partial charge in [-0.2, -0.15) is 0 Å². The minimum absolute atomic E-state index is 0.0390. The van der Waals surface area contributed by atoms with Gasteiger partial charge in [0.05, 0.1) is 12.5 Å². The number of aliphatic carboxylic acids is 1. The monoisotopic (exact) mass is 524 g/mol. The molecule has 1 aliphatic heterocycles. The molecule has 2 heterocycles. The maximum atomic E-state index is 13.8. The Kier molecular flexibility index (Phi) is 7.14. The number of aromatic amines is 1. The molecule has 0 radical (unpaired) electrons. The van der Waals surface area contributed by atoms with Crippen LogP contribution in [-0.4, -0.2) is 50.8 Å². The van der Waals surface area contributed by atoms with Crippen molar-refractivity contribution in [3.05, 3.63) is 107 Å². The van der Waals surface area contributed by atoms with Gasteiger partial charge in [0.2, 0.25) is 11.8 Å². The number of benzene rings is 3. The maximum absolute atomic E-state index is 13.8. The van der Waals surface area contributed by atoms with Crippen molar-refractivity contribution in [1.29, 1.82) is 0 Å². The van der Waals surface area contributed by atoms with Crippen molar-refractivity contribution < 1.29 is 24.3 Å². The van der Waals surface area contributed by atoms with Crippen molar-refractivity contribution in [3.8, 4) is 0 Å². The van der Waals surface area contributed by atoms with Gasteiger partial charge in [-0.05, 0) is 35.7 Å². The van der Waals surface area contributed by atoms with E-state index in [9.17, 15) is 24.3 Å². The van der Waals surface area contributed by atoms with Crippen molar-refractivity contribution >= 4 is 34.6 Å². The molecule has 39 heavy (non-hydrogen) atoms. The molecule has 3 amide bonds. The first-order valence-corrected chi connectivity index (χ1v) is 12.6. The number of rotatable bonds is 8. The topological polar surface area (TPSA) is 146 Å². The van der Waals surface area contributed by atoms with Crippen LogP contribution in [0.3, 0.4) is 0 Å². The Bertz CT molecular complexity index is 1530. The van der Waals surface area contributed by atoms with Gasteiger partial charge in [0.15, 0.2) is 0 Å². The highest BCUT2D eigenvalue weighted by molar-refractivity contribution is 6.00. The van der Waals surface area contributed by atoms with Crippen LogP contribution in [0, 0.1) is 5.92 Å². The van der Waals surface area contributed by atoms with E-state index in [-0.39, 0.29) is 25.3 Å². The number of carboxylic acid groups (broad SMARTS) is 1. The van der Waals surface area contributed by atoms with Gasteiger partial charge in [-0.3, -0.25) is 14.4 Å². The van der Waals surface area contributed by atoms with Crippen LogP contribution in [0.2, 0.25) is 0 Å². The average Bonchev–Trinajstić information content (AvgIpc) is 3.32. The Morgan fingerprint density at radius 3 is 2.26 bits per heavy atom. The number of amides is 3. The summed E-state index contributed by atoms with van der Waals surface area (Å²) in [7, 11) is 0. The summed E-state index contributed by atoms with van der Waals surface area (Å²) in [6.45, 7) is 0.136. The summed E-state index contributed by atoms with van der Waals surface area (Å²) in [6.07, 6.45) is 0.216. The normalized spacial score (nSPS) is 16.2. The minimum atomic E-state index is -1.58. The molecule has 0 saturated heterocycles. The smallest absolute Gasteiger partial charge is 0.327 e. The number of para-hydroxylation sites is 1. The van der Waals surface area contributed by atoms with Crippen molar-refractivity contribution in [2.24, 2.45) is 11.7 Å². The molecule has 3 aromatic carbocycles. The summed E-state index contributed by atoms with van der Waals surface area (Å²) < 4.78 is 0. The van der Waals surface area contributed by atoms with Crippen molar-refractivity contribution in [2.75, 3.05) is 0 Å². The van der Waals surface area contributed by atoms with E-state index < -0.39 is 35.8 Å². The molecule has 9 heteroatoms. The molecular weight excluding hydrogens is 496 g/mol. The third-order valence-electron chi connectivity index (χ3n) is 7.22. The molecular formula is C30H28N4O5. The summed E-state index contributed by atoms with van der Waals surface area (Å²) in [5.74, 6) is -4.44. The van der Waals surface area contributed by atoms with E-state index in [1.165, 1.54) is 4.90 Å². The van der Waals surface area contributed by atoms with Crippen LogP contribution in [0.15, 0.2) is 84.9 Å². The fourth-order valence-corrected chi connectivity index (χ4v) is 5.24. The molecule has 5 rings (SSSR count). The molecule has 1 unspecified atom stereocenters. The predicted octanol–water partition coefficient (Wildman–Crippen LogP) is 2.65. The van der Waals surface area contributed by atoms with Crippen LogP contribution in [0.4, 0.5) is 0 Å². The summed E-state index contributed by atoms with van der Waals surface area (Å²) in [4.78, 5) is 56.8. The van der Waals surface area contributed by atoms with Gasteiger partial charge in [-0.1, -0.05) is 66.7 Å². The minimum Gasteiger partial charge on any atom is -0.480 e. The third-order valence-corrected chi connectivity index (χ3v) is 7.22. The number of primary amides is 1. The van der Waals surface area contributed by atoms with Crippen molar-refractivity contribution in [1.82, 2.24) is 15.2 Å². The molecule has 0 spiro atoms. The van der Waals surface area contributed by atoms with Crippen LogP contribution in [0.25, 0.3) is 10.9 Å². The highest BCUT2D eigenvalue weighted by Crippen LogP contribution is 2.31. The number of carbonyl (C=O) groups excluding carboxylic acids is 3. The third kappa shape index (κ3) is 5.24. The van der Waals surface area contributed by atoms with Crippen LogP contribution >= 0.6 is 0 Å². The van der Waals surface area contributed by atoms with E-state index in [2.05, 4.69) is 10.3 Å². The number of hydrogen-bond acceptors (Lipinski definition) is 4. The lowest BCUT2D eigenvalue weighted by molar-refractivity contribution is -0.146. The maximum Gasteiger partial charge on any atom is 0.327 e. The zero-order chi connectivity index (χ0) is 27.5. The lowest BCUT2D eigenvalue weighted by Crippen LogP contribution is -2.58. The number of nitrogens with two attached hydrogens (primary N) is 1. The SMILES string of the molecule is NC(=O)C(Cc1ccccc1)[C@H](NC(=O)[C@H]1Cc2c([nH]c3ccccc23)CN1C(=O)c1ccccc1)C(=O)O. The van der Waals surface area contributed by atoms with E-state index in [1.54, 1.807) is 60.7 Å². The highest BCUT2D eigenvalue weighted by atomic mass is 16.4. The van der Waals surface area contributed by atoms with E-state index >= 15 is 0 Å². The van der Waals surface area contributed by atoms with Crippen molar-refractivity contribution in [2.45, 2.75) is 31.5 Å². The average molecular weight is 525 g/mol. The fourth-order valence-electron chi connectivity index (χ4n) is 5.24. The van der Waals surface area contributed by atoms with Crippen LogP contribution < -0.4 is 11.1 Å². The number of fused-ring (bicyclic) bond motifs is 3. The molecule has 0 aliphatic carbocycles. The van der Waals surface area contributed by atoms with Gasteiger partial charge >= 0.3 is 5.97 Å². The molecule has 198 valence electrons. The summed E-state index contributed by atoms with van der Waals surface area (Å²) in [6, 6.07) is 22.6. The molecule has 0 fully saturated rings. The van der Waals surface area contributed by atoms with E-state index in [4.69, 9.17) is 5.73 Å². The Morgan fingerprint density at radius 2 is 1.59 bits per heavy atom. The van der Waals surface area contributed by atoms with Crippen molar-refractivity contribution in [3.63, 3.8) is 0 Å². The zero-order valence-electron chi connectivity index (χ0n) is 21.0. The molecule has 3 atom stereocenters.